The van der Waals surface area contributed by atoms with Crippen molar-refractivity contribution in [3.63, 3.8) is 0 Å². The summed E-state index contributed by atoms with van der Waals surface area (Å²) in [5, 5.41) is 12.0. The molecule has 0 saturated carbocycles. The summed E-state index contributed by atoms with van der Waals surface area (Å²) in [4.78, 5) is 37.9. The van der Waals surface area contributed by atoms with Gasteiger partial charge in [0.2, 0.25) is 5.91 Å². The summed E-state index contributed by atoms with van der Waals surface area (Å²) in [5.74, 6) is -1.17. The molecule has 7 heteroatoms. The first-order valence-corrected chi connectivity index (χ1v) is 11.2. The fourth-order valence-corrected chi connectivity index (χ4v) is 4.88. The van der Waals surface area contributed by atoms with Gasteiger partial charge in [0.1, 0.15) is 6.61 Å². The third-order valence-corrected chi connectivity index (χ3v) is 6.52. The molecule has 0 fully saturated rings. The number of alkyl carbamates (subject to hydrolysis) is 1. The molecule has 172 valence electrons. The highest BCUT2D eigenvalue weighted by atomic mass is 16.5. The standard InChI is InChI=1S/C27H24N2O5/c30-25(29-14-17-6-5-11-22(26(31)32)23(17)15-29)12-13-28-27(33)34-16-24-20-9-3-1-7-18(20)19-8-2-4-10-21(19)24/h1-11,24H,12-16H2,(H,28,33)(H,31,32). The molecular weight excluding hydrogens is 432 g/mol. The van der Waals surface area contributed by atoms with E-state index in [4.69, 9.17) is 4.74 Å². The van der Waals surface area contributed by atoms with Gasteiger partial charge in [0.05, 0.1) is 5.56 Å². The van der Waals surface area contributed by atoms with Gasteiger partial charge in [-0.1, -0.05) is 60.7 Å². The van der Waals surface area contributed by atoms with Crippen LogP contribution in [0.15, 0.2) is 66.7 Å². The summed E-state index contributed by atoms with van der Waals surface area (Å²) >= 11 is 0. The zero-order valence-corrected chi connectivity index (χ0v) is 18.5. The van der Waals surface area contributed by atoms with Gasteiger partial charge in [-0.05, 0) is 39.4 Å². The molecule has 2 aliphatic rings. The molecular formula is C27H24N2O5. The molecule has 0 bridgehead atoms. The highest BCUT2D eigenvalue weighted by Crippen LogP contribution is 2.44. The first-order chi connectivity index (χ1) is 16.5. The first-order valence-electron chi connectivity index (χ1n) is 11.2. The van der Waals surface area contributed by atoms with E-state index in [-0.39, 0.29) is 43.5 Å². The van der Waals surface area contributed by atoms with Crippen molar-refractivity contribution < 1.29 is 24.2 Å². The SMILES string of the molecule is O=C(NCCC(=O)N1Cc2cccc(C(=O)O)c2C1)OCC1c2ccccc2-c2ccccc21. The number of hydrogen-bond acceptors (Lipinski definition) is 4. The largest absolute Gasteiger partial charge is 0.478 e. The number of rotatable bonds is 6. The lowest BCUT2D eigenvalue weighted by molar-refractivity contribution is -0.131. The van der Waals surface area contributed by atoms with E-state index < -0.39 is 12.1 Å². The quantitative estimate of drug-likeness (QED) is 0.581. The number of fused-ring (bicyclic) bond motifs is 4. The zero-order chi connectivity index (χ0) is 23.7. The Hall–Kier alpha value is -4.13. The second-order valence-electron chi connectivity index (χ2n) is 8.50. The number of carbonyl (C=O) groups is 3. The van der Waals surface area contributed by atoms with Crippen LogP contribution in [0.1, 0.15) is 45.0 Å². The summed E-state index contributed by atoms with van der Waals surface area (Å²) in [6.07, 6.45) is -0.451. The van der Waals surface area contributed by atoms with E-state index in [9.17, 15) is 19.5 Å². The minimum Gasteiger partial charge on any atom is -0.478 e. The highest BCUT2D eigenvalue weighted by molar-refractivity contribution is 5.90. The van der Waals surface area contributed by atoms with Gasteiger partial charge in [-0.2, -0.15) is 0 Å². The van der Waals surface area contributed by atoms with Crippen LogP contribution in [0.3, 0.4) is 0 Å². The van der Waals surface area contributed by atoms with Gasteiger partial charge in [-0.15, -0.1) is 0 Å². The first kappa shape index (κ1) is 21.7. The summed E-state index contributed by atoms with van der Waals surface area (Å²) in [5.41, 5.74) is 6.35. The number of amides is 2. The summed E-state index contributed by atoms with van der Waals surface area (Å²) < 4.78 is 5.50. The van der Waals surface area contributed by atoms with Crippen LogP contribution in [0.25, 0.3) is 11.1 Å². The van der Waals surface area contributed by atoms with E-state index in [1.54, 1.807) is 17.0 Å². The van der Waals surface area contributed by atoms with E-state index in [1.165, 1.54) is 0 Å². The molecule has 34 heavy (non-hydrogen) atoms. The second-order valence-corrected chi connectivity index (χ2v) is 8.50. The summed E-state index contributed by atoms with van der Waals surface area (Å²) in [6.45, 7) is 1.00. The van der Waals surface area contributed by atoms with Crippen LogP contribution in [-0.2, 0) is 22.6 Å². The summed E-state index contributed by atoms with van der Waals surface area (Å²) in [6, 6.07) is 21.3. The van der Waals surface area contributed by atoms with Crippen molar-refractivity contribution in [2.75, 3.05) is 13.2 Å². The van der Waals surface area contributed by atoms with Crippen LogP contribution in [0.5, 0.6) is 0 Å². The van der Waals surface area contributed by atoms with E-state index in [0.29, 0.717) is 12.1 Å². The Bertz CT molecular complexity index is 1240. The number of ether oxygens (including phenoxy) is 1. The Morgan fingerprint density at radius 2 is 1.59 bits per heavy atom. The van der Waals surface area contributed by atoms with Crippen molar-refractivity contribution >= 4 is 18.0 Å². The number of carbonyl (C=O) groups excluding carboxylic acids is 2. The fraction of sp³-hybridized carbons (Fsp3) is 0.222. The lowest BCUT2D eigenvalue weighted by Crippen LogP contribution is -2.32. The summed E-state index contributed by atoms with van der Waals surface area (Å²) in [7, 11) is 0. The van der Waals surface area contributed by atoms with Crippen molar-refractivity contribution in [1.29, 1.82) is 0 Å². The Kier molecular flexibility index (Phi) is 5.76. The highest BCUT2D eigenvalue weighted by Gasteiger charge is 2.29. The van der Waals surface area contributed by atoms with Crippen molar-refractivity contribution in [1.82, 2.24) is 10.2 Å². The van der Waals surface area contributed by atoms with Gasteiger partial charge in [0.15, 0.2) is 0 Å². The Morgan fingerprint density at radius 1 is 0.912 bits per heavy atom. The minimum atomic E-state index is -0.997. The third-order valence-electron chi connectivity index (χ3n) is 6.52. The molecule has 3 aromatic carbocycles. The van der Waals surface area contributed by atoms with Crippen LogP contribution in [0, 0.1) is 0 Å². The number of carboxylic acids is 1. The van der Waals surface area contributed by atoms with Crippen molar-refractivity contribution in [2.45, 2.75) is 25.4 Å². The number of benzene rings is 3. The number of hydrogen-bond donors (Lipinski definition) is 2. The molecule has 0 aromatic heterocycles. The smallest absolute Gasteiger partial charge is 0.407 e. The molecule has 0 radical (unpaired) electrons. The minimum absolute atomic E-state index is 0.0219. The topological polar surface area (TPSA) is 95.9 Å². The van der Waals surface area contributed by atoms with Gasteiger partial charge in [0, 0.05) is 32.0 Å². The van der Waals surface area contributed by atoms with E-state index in [1.807, 2.05) is 30.3 Å². The average Bonchev–Trinajstić information content (AvgIpc) is 3.42. The molecule has 3 aromatic rings. The maximum atomic E-state index is 12.6. The zero-order valence-electron chi connectivity index (χ0n) is 18.5. The predicted octanol–water partition coefficient (Wildman–Crippen LogP) is 4.16. The molecule has 1 heterocycles. The van der Waals surface area contributed by atoms with E-state index in [0.717, 1.165) is 27.8 Å². The third kappa shape index (κ3) is 4.01. The number of nitrogens with zero attached hydrogens (tertiary/aromatic N) is 1. The molecule has 0 spiro atoms. The van der Waals surface area contributed by atoms with Crippen LogP contribution >= 0.6 is 0 Å². The fourth-order valence-electron chi connectivity index (χ4n) is 4.88. The molecule has 1 aliphatic carbocycles. The van der Waals surface area contributed by atoms with Crippen molar-refractivity contribution in [3.8, 4) is 11.1 Å². The Labute approximate surface area is 197 Å². The predicted molar refractivity (Wildman–Crippen MR) is 125 cm³/mol. The Morgan fingerprint density at radius 3 is 2.26 bits per heavy atom. The molecule has 0 unspecified atom stereocenters. The molecule has 1 aliphatic heterocycles. The van der Waals surface area contributed by atoms with Gasteiger partial charge in [-0.3, -0.25) is 4.79 Å². The number of aromatic carboxylic acids is 1. The molecule has 0 atom stereocenters. The Balaban J connectivity index is 1.12. The monoisotopic (exact) mass is 456 g/mol. The normalized spacial score (nSPS) is 13.7. The molecule has 7 nitrogen and oxygen atoms in total. The van der Waals surface area contributed by atoms with Gasteiger partial charge < -0.3 is 20.1 Å². The lowest BCUT2D eigenvalue weighted by Gasteiger charge is -2.16. The maximum Gasteiger partial charge on any atom is 0.407 e. The van der Waals surface area contributed by atoms with Gasteiger partial charge in [0.25, 0.3) is 0 Å². The molecule has 5 rings (SSSR count). The van der Waals surface area contributed by atoms with Crippen molar-refractivity contribution in [3.05, 3.63) is 94.5 Å². The molecule has 2 N–H and O–H groups in total. The van der Waals surface area contributed by atoms with Crippen molar-refractivity contribution in [2.24, 2.45) is 0 Å². The van der Waals surface area contributed by atoms with E-state index in [2.05, 4.69) is 29.6 Å². The molecule has 2 amide bonds. The van der Waals surface area contributed by atoms with Crippen LogP contribution in [0.4, 0.5) is 4.79 Å². The van der Waals surface area contributed by atoms with Gasteiger partial charge >= 0.3 is 12.1 Å². The van der Waals surface area contributed by atoms with Crippen LogP contribution in [0.2, 0.25) is 0 Å². The second kappa shape index (κ2) is 9.02. The van der Waals surface area contributed by atoms with Crippen LogP contribution < -0.4 is 5.32 Å². The number of nitrogens with one attached hydrogen (secondary N) is 1. The van der Waals surface area contributed by atoms with Gasteiger partial charge in [-0.25, -0.2) is 9.59 Å². The maximum absolute atomic E-state index is 12.6. The van der Waals surface area contributed by atoms with Crippen LogP contribution in [-0.4, -0.2) is 41.1 Å². The van der Waals surface area contributed by atoms with E-state index >= 15 is 0 Å². The lowest BCUT2D eigenvalue weighted by atomic mass is 9.98. The average molecular weight is 456 g/mol. The molecule has 0 saturated heterocycles. The number of carboxylic acid groups (broad SMARTS) is 1.